The Morgan fingerprint density at radius 3 is 1.54 bits per heavy atom. The molecule has 0 aliphatic heterocycles. The van der Waals surface area contributed by atoms with Crippen molar-refractivity contribution in [2.24, 2.45) is 5.92 Å². The second-order valence-corrected chi connectivity index (χ2v) is 8.16. The molecule has 0 aliphatic carbocycles. The minimum Gasteiger partial charge on any atom is -0.466 e. The highest BCUT2D eigenvalue weighted by atomic mass is 16.5. The van der Waals surface area contributed by atoms with E-state index in [9.17, 15) is 9.59 Å². The molecule has 4 heteroatoms. The largest absolute Gasteiger partial charge is 0.466 e. The van der Waals surface area contributed by atoms with Crippen LogP contribution in [0.5, 0.6) is 0 Å². The highest BCUT2D eigenvalue weighted by Crippen LogP contribution is 2.17. The van der Waals surface area contributed by atoms with Crippen LogP contribution >= 0.6 is 0 Å². The summed E-state index contributed by atoms with van der Waals surface area (Å²) in [5.41, 5.74) is 0. The van der Waals surface area contributed by atoms with E-state index in [0.29, 0.717) is 32.0 Å². The van der Waals surface area contributed by atoms with Crippen LogP contribution in [0.1, 0.15) is 124 Å². The van der Waals surface area contributed by atoms with Crippen molar-refractivity contribution in [3.63, 3.8) is 0 Å². The molecular weight excluding hydrogens is 352 g/mol. The number of hydrogen-bond acceptors (Lipinski definition) is 4. The number of hydrogen-bond donors (Lipinski definition) is 0. The molecule has 0 N–H and O–H groups in total. The Kier molecular flexibility index (Phi) is 19.9. The fourth-order valence-electron chi connectivity index (χ4n) is 3.26. The topological polar surface area (TPSA) is 52.6 Å². The van der Waals surface area contributed by atoms with Crippen molar-refractivity contribution in [2.75, 3.05) is 13.2 Å². The summed E-state index contributed by atoms with van der Waals surface area (Å²) in [5, 5.41) is 0. The summed E-state index contributed by atoms with van der Waals surface area (Å²) < 4.78 is 10.2. The van der Waals surface area contributed by atoms with E-state index < -0.39 is 0 Å². The predicted molar refractivity (Wildman–Crippen MR) is 116 cm³/mol. The molecule has 1 atom stereocenters. The van der Waals surface area contributed by atoms with E-state index in [4.69, 9.17) is 9.47 Å². The second kappa shape index (κ2) is 20.7. The Labute approximate surface area is 174 Å². The quantitative estimate of drug-likeness (QED) is 0.164. The number of esters is 2. The van der Waals surface area contributed by atoms with Crippen LogP contribution < -0.4 is 0 Å². The fourth-order valence-corrected chi connectivity index (χ4v) is 3.26. The molecule has 0 aromatic heterocycles. The Balaban J connectivity index is 3.26. The van der Waals surface area contributed by atoms with E-state index in [1.807, 2.05) is 13.8 Å². The Morgan fingerprint density at radius 1 is 0.607 bits per heavy atom. The summed E-state index contributed by atoms with van der Waals surface area (Å²) in [5.74, 6) is 0.547. The smallest absolute Gasteiger partial charge is 0.305 e. The molecule has 1 unspecified atom stereocenters. The van der Waals surface area contributed by atoms with Gasteiger partial charge in [0.25, 0.3) is 0 Å². The third-order valence-electron chi connectivity index (χ3n) is 5.10. The van der Waals surface area contributed by atoms with E-state index in [-0.39, 0.29) is 11.9 Å². The van der Waals surface area contributed by atoms with Crippen molar-refractivity contribution in [3.8, 4) is 0 Å². The van der Waals surface area contributed by atoms with Gasteiger partial charge in [0, 0.05) is 12.8 Å². The number of carbonyl (C=O) groups excluding carboxylic acids is 2. The average molecular weight is 399 g/mol. The second-order valence-electron chi connectivity index (χ2n) is 8.16. The molecule has 0 amide bonds. The van der Waals surface area contributed by atoms with E-state index in [1.165, 1.54) is 57.8 Å². The monoisotopic (exact) mass is 398 g/mol. The van der Waals surface area contributed by atoms with Crippen LogP contribution in [0.2, 0.25) is 0 Å². The summed E-state index contributed by atoms with van der Waals surface area (Å²) in [6.07, 6.45) is 17.7. The zero-order valence-electron chi connectivity index (χ0n) is 18.9. The number of rotatable bonds is 20. The first-order chi connectivity index (χ1) is 13.6. The molecule has 4 nitrogen and oxygen atoms in total. The normalized spacial score (nSPS) is 12.0. The zero-order chi connectivity index (χ0) is 20.9. The predicted octanol–water partition coefficient (Wildman–Crippen LogP) is 6.99. The third kappa shape index (κ3) is 19.7. The molecular formula is C24H46O4. The van der Waals surface area contributed by atoms with Gasteiger partial charge in [-0.05, 0) is 31.6 Å². The molecule has 0 radical (unpaired) electrons. The van der Waals surface area contributed by atoms with Crippen molar-refractivity contribution in [1.29, 1.82) is 0 Å². The maximum atomic E-state index is 11.5. The summed E-state index contributed by atoms with van der Waals surface area (Å²) >= 11 is 0. The third-order valence-corrected chi connectivity index (χ3v) is 5.10. The van der Waals surface area contributed by atoms with Crippen LogP contribution in [0, 0.1) is 5.92 Å². The summed E-state index contributed by atoms with van der Waals surface area (Å²) in [6.45, 7) is 7.40. The molecule has 166 valence electrons. The molecule has 0 spiro atoms. The van der Waals surface area contributed by atoms with Crippen LogP contribution in [-0.2, 0) is 19.1 Å². The molecule has 0 saturated carbocycles. The van der Waals surface area contributed by atoms with Crippen molar-refractivity contribution in [2.45, 2.75) is 124 Å². The lowest BCUT2D eigenvalue weighted by molar-refractivity contribution is -0.144. The molecule has 0 rings (SSSR count). The molecule has 28 heavy (non-hydrogen) atoms. The number of carbonyl (C=O) groups is 2. The van der Waals surface area contributed by atoms with Gasteiger partial charge in [-0.15, -0.1) is 0 Å². The lowest BCUT2D eigenvalue weighted by Gasteiger charge is -2.10. The van der Waals surface area contributed by atoms with E-state index >= 15 is 0 Å². The zero-order valence-corrected chi connectivity index (χ0v) is 18.9. The van der Waals surface area contributed by atoms with E-state index in [1.54, 1.807) is 0 Å². The van der Waals surface area contributed by atoms with Gasteiger partial charge >= 0.3 is 11.9 Å². The van der Waals surface area contributed by atoms with Crippen molar-refractivity contribution in [3.05, 3.63) is 0 Å². The van der Waals surface area contributed by atoms with Gasteiger partial charge in [0.15, 0.2) is 0 Å². The first-order valence-electron chi connectivity index (χ1n) is 11.9. The highest BCUT2D eigenvalue weighted by molar-refractivity contribution is 5.69. The van der Waals surface area contributed by atoms with Gasteiger partial charge < -0.3 is 9.47 Å². The van der Waals surface area contributed by atoms with Gasteiger partial charge in [0.1, 0.15) is 0 Å². The van der Waals surface area contributed by atoms with Crippen molar-refractivity contribution in [1.82, 2.24) is 0 Å². The van der Waals surface area contributed by atoms with Gasteiger partial charge in [-0.1, -0.05) is 85.0 Å². The Hall–Kier alpha value is -1.06. The first kappa shape index (κ1) is 26.9. The summed E-state index contributed by atoms with van der Waals surface area (Å²) in [7, 11) is 0. The summed E-state index contributed by atoms with van der Waals surface area (Å²) in [4.78, 5) is 22.9. The van der Waals surface area contributed by atoms with Crippen molar-refractivity contribution < 1.29 is 19.1 Å². The van der Waals surface area contributed by atoms with Crippen LogP contribution in [0.15, 0.2) is 0 Å². The average Bonchev–Trinajstić information content (AvgIpc) is 2.69. The standard InChI is InChI=1S/C24H46O4/c1-4-20-27-23(25)17-15-13-11-9-7-6-8-10-12-14-16-22(3)18-19-24(26)28-21-5-2/h22H,4-21H2,1-3H3. The Bertz CT molecular complexity index is 368. The molecule has 0 aromatic carbocycles. The van der Waals surface area contributed by atoms with Crippen LogP contribution in [0.25, 0.3) is 0 Å². The SMILES string of the molecule is CCCOC(=O)CCCCCCCCCCCCC(C)CCC(=O)OCCC. The van der Waals surface area contributed by atoms with Gasteiger partial charge in [-0.3, -0.25) is 9.59 Å². The fraction of sp³-hybridized carbons (Fsp3) is 0.917. The molecule has 0 aromatic rings. The first-order valence-corrected chi connectivity index (χ1v) is 11.9. The van der Waals surface area contributed by atoms with Gasteiger partial charge in [-0.2, -0.15) is 0 Å². The maximum Gasteiger partial charge on any atom is 0.305 e. The molecule has 0 fully saturated rings. The lowest BCUT2D eigenvalue weighted by atomic mass is 9.97. The van der Waals surface area contributed by atoms with Crippen molar-refractivity contribution >= 4 is 11.9 Å². The number of ether oxygens (including phenoxy) is 2. The summed E-state index contributed by atoms with van der Waals surface area (Å²) in [6, 6.07) is 0. The van der Waals surface area contributed by atoms with E-state index in [2.05, 4.69) is 6.92 Å². The van der Waals surface area contributed by atoms with E-state index in [0.717, 1.165) is 32.1 Å². The molecule has 0 heterocycles. The van der Waals surface area contributed by atoms with Crippen LogP contribution in [0.3, 0.4) is 0 Å². The molecule has 0 aliphatic rings. The van der Waals surface area contributed by atoms with Gasteiger partial charge in [-0.25, -0.2) is 0 Å². The number of unbranched alkanes of at least 4 members (excludes halogenated alkanes) is 9. The highest BCUT2D eigenvalue weighted by Gasteiger charge is 2.07. The minimum atomic E-state index is -0.0369. The maximum absolute atomic E-state index is 11.5. The van der Waals surface area contributed by atoms with Crippen LogP contribution in [-0.4, -0.2) is 25.2 Å². The molecule has 0 saturated heterocycles. The lowest BCUT2D eigenvalue weighted by Crippen LogP contribution is -2.07. The van der Waals surface area contributed by atoms with Gasteiger partial charge in [0.2, 0.25) is 0 Å². The minimum absolute atomic E-state index is 0.0346. The van der Waals surface area contributed by atoms with Gasteiger partial charge in [0.05, 0.1) is 13.2 Å². The van der Waals surface area contributed by atoms with Crippen LogP contribution in [0.4, 0.5) is 0 Å². The Morgan fingerprint density at radius 2 is 1.04 bits per heavy atom. The molecule has 0 bridgehead atoms.